The van der Waals surface area contributed by atoms with Crippen molar-refractivity contribution in [2.45, 2.75) is 0 Å². The largest absolute Gasteiger partial charge is 0.382 e. The number of rotatable bonds is 3. The van der Waals surface area contributed by atoms with E-state index in [9.17, 15) is 9.59 Å². The van der Waals surface area contributed by atoms with Gasteiger partial charge in [0.15, 0.2) is 11.5 Å². The Labute approximate surface area is 123 Å². The topological polar surface area (TPSA) is 144 Å². The van der Waals surface area contributed by atoms with Crippen molar-refractivity contribution in [3.8, 4) is 5.69 Å². The van der Waals surface area contributed by atoms with Crippen molar-refractivity contribution in [3.05, 3.63) is 52.8 Å². The monoisotopic (exact) mass is 298 g/mol. The van der Waals surface area contributed by atoms with Crippen LogP contribution in [0, 0.1) is 0 Å². The van der Waals surface area contributed by atoms with Crippen LogP contribution in [0.2, 0.25) is 0 Å². The molecule has 3 rings (SSSR count). The van der Waals surface area contributed by atoms with E-state index in [4.69, 9.17) is 5.73 Å². The molecular weight excluding hydrogens is 288 g/mol. The Bertz CT molecular complexity index is 867. The summed E-state index contributed by atoms with van der Waals surface area (Å²) in [5.74, 6) is -0.428. The van der Waals surface area contributed by atoms with Crippen LogP contribution in [0.1, 0.15) is 10.5 Å². The van der Waals surface area contributed by atoms with Gasteiger partial charge in [-0.05, 0) is 34.7 Å². The van der Waals surface area contributed by atoms with Crippen molar-refractivity contribution in [1.29, 1.82) is 0 Å². The molecule has 110 valence electrons. The third kappa shape index (κ3) is 2.52. The lowest BCUT2D eigenvalue weighted by Gasteiger charge is -2.06. The van der Waals surface area contributed by atoms with Crippen LogP contribution in [-0.4, -0.2) is 36.1 Å². The maximum atomic E-state index is 12.0. The van der Waals surface area contributed by atoms with Gasteiger partial charge in [-0.15, -0.1) is 0 Å². The number of hydrogen-bond donors (Lipinski definition) is 3. The average molecular weight is 298 g/mol. The molecule has 0 unspecified atom stereocenters. The first-order chi connectivity index (χ1) is 10.6. The van der Waals surface area contributed by atoms with Crippen molar-refractivity contribution in [1.82, 2.24) is 30.2 Å². The smallest absolute Gasteiger partial charge is 0.365 e. The van der Waals surface area contributed by atoms with Crippen LogP contribution in [0.4, 0.5) is 11.5 Å². The summed E-state index contributed by atoms with van der Waals surface area (Å²) < 4.78 is 1.09. The fourth-order valence-corrected chi connectivity index (χ4v) is 1.77. The Hall–Kier alpha value is -3.56. The van der Waals surface area contributed by atoms with Crippen LogP contribution in [0.15, 0.2) is 41.5 Å². The van der Waals surface area contributed by atoms with Gasteiger partial charge in [-0.2, -0.15) is 4.68 Å². The first kappa shape index (κ1) is 13.4. The van der Waals surface area contributed by atoms with E-state index in [1.807, 2.05) is 0 Å². The summed E-state index contributed by atoms with van der Waals surface area (Å²) in [7, 11) is 0. The van der Waals surface area contributed by atoms with Gasteiger partial charge >= 0.3 is 5.69 Å². The van der Waals surface area contributed by atoms with E-state index < -0.39 is 11.6 Å². The minimum absolute atomic E-state index is 0.0410. The van der Waals surface area contributed by atoms with E-state index >= 15 is 0 Å². The standard InChI is InChI=1S/C12H10N8O2/c13-10-9(14-5-6-15-10)11(21)16-7-1-3-8(4-2-7)20-12(22)17-18-19-20/h1-6H,(H2,13,15)(H,16,21)(H,17,19,22). The average Bonchev–Trinajstić information content (AvgIpc) is 2.94. The van der Waals surface area contributed by atoms with Gasteiger partial charge < -0.3 is 11.1 Å². The summed E-state index contributed by atoms with van der Waals surface area (Å²) in [6, 6.07) is 6.45. The van der Waals surface area contributed by atoms with Crippen molar-refractivity contribution in [2.75, 3.05) is 11.1 Å². The number of aromatic nitrogens is 6. The highest BCUT2D eigenvalue weighted by atomic mass is 16.2. The molecule has 0 saturated heterocycles. The quantitative estimate of drug-likeness (QED) is 0.595. The second kappa shape index (κ2) is 5.44. The normalized spacial score (nSPS) is 10.4. The molecule has 0 spiro atoms. The van der Waals surface area contributed by atoms with Gasteiger partial charge in [0.25, 0.3) is 5.91 Å². The van der Waals surface area contributed by atoms with Crippen LogP contribution in [0.3, 0.4) is 0 Å². The zero-order chi connectivity index (χ0) is 15.5. The summed E-state index contributed by atoms with van der Waals surface area (Å²) in [6.07, 6.45) is 2.78. The highest BCUT2D eigenvalue weighted by Crippen LogP contribution is 2.13. The first-order valence-corrected chi connectivity index (χ1v) is 6.14. The summed E-state index contributed by atoms with van der Waals surface area (Å²) >= 11 is 0. The van der Waals surface area contributed by atoms with Crippen LogP contribution in [0.5, 0.6) is 0 Å². The van der Waals surface area contributed by atoms with Crippen LogP contribution >= 0.6 is 0 Å². The molecule has 0 saturated carbocycles. The summed E-state index contributed by atoms with van der Waals surface area (Å²) in [6.45, 7) is 0. The number of aromatic amines is 1. The molecule has 3 aromatic rings. The van der Waals surface area contributed by atoms with Gasteiger partial charge in [0, 0.05) is 18.1 Å². The van der Waals surface area contributed by atoms with E-state index in [2.05, 4.69) is 30.8 Å². The molecule has 0 radical (unpaired) electrons. The van der Waals surface area contributed by atoms with Gasteiger partial charge in [-0.3, -0.25) is 4.79 Å². The summed E-state index contributed by atoms with van der Waals surface area (Å²) in [5.41, 5.74) is 6.19. The zero-order valence-electron chi connectivity index (χ0n) is 11.1. The molecule has 0 aliphatic carbocycles. The van der Waals surface area contributed by atoms with E-state index in [0.717, 1.165) is 4.68 Å². The predicted molar refractivity (Wildman–Crippen MR) is 76.4 cm³/mol. The molecule has 2 aromatic heterocycles. The van der Waals surface area contributed by atoms with E-state index in [1.165, 1.54) is 12.4 Å². The van der Waals surface area contributed by atoms with Crippen molar-refractivity contribution in [2.24, 2.45) is 0 Å². The van der Waals surface area contributed by atoms with Gasteiger partial charge in [0.1, 0.15) is 0 Å². The molecule has 1 aromatic carbocycles. The minimum atomic E-state index is -0.475. The number of carbonyl (C=O) groups excluding carboxylic acids is 1. The van der Waals surface area contributed by atoms with Crippen molar-refractivity contribution in [3.63, 3.8) is 0 Å². The Kier molecular flexibility index (Phi) is 3.32. The lowest BCUT2D eigenvalue weighted by atomic mass is 10.2. The van der Waals surface area contributed by atoms with Crippen molar-refractivity contribution >= 4 is 17.4 Å². The molecule has 0 fully saturated rings. The van der Waals surface area contributed by atoms with Crippen LogP contribution < -0.4 is 16.7 Å². The van der Waals surface area contributed by atoms with Crippen LogP contribution in [0.25, 0.3) is 5.69 Å². The molecule has 10 heteroatoms. The number of H-pyrrole nitrogens is 1. The number of carbonyl (C=O) groups is 1. The van der Waals surface area contributed by atoms with Gasteiger partial charge in [0.2, 0.25) is 0 Å². The van der Waals surface area contributed by atoms with Crippen LogP contribution in [-0.2, 0) is 0 Å². The number of amides is 1. The number of tetrazole rings is 1. The number of nitrogen functional groups attached to an aromatic ring is 1. The van der Waals surface area contributed by atoms with E-state index in [1.54, 1.807) is 24.3 Å². The third-order valence-corrected chi connectivity index (χ3v) is 2.78. The molecule has 0 bridgehead atoms. The Morgan fingerprint density at radius 2 is 1.91 bits per heavy atom. The number of anilines is 2. The van der Waals surface area contributed by atoms with E-state index in [0.29, 0.717) is 11.4 Å². The lowest BCUT2D eigenvalue weighted by molar-refractivity contribution is 0.102. The summed E-state index contributed by atoms with van der Waals surface area (Å²) in [5, 5.41) is 11.8. The highest BCUT2D eigenvalue weighted by Gasteiger charge is 2.12. The molecule has 1 amide bonds. The SMILES string of the molecule is Nc1nccnc1C(=O)Nc1ccc(-n2nn[nH]c2=O)cc1. The number of hydrogen-bond acceptors (Lipinski definition) is 7. The van der Waals surface area contributed by atoms with Gasteiger partial charge in [-0.25, -0.2) is 19.9 Å². The van der Waals surface area contributed by atoms with Gasteiger partial charge in [-0.1, -0.05) is 0 Å². The number of nitrogens with zero attached hydrogens (tertiary/aromatic N) is 5. The first-order valence-electron chi connectivity index (χ1n) is 6.14. The second-order valence-electron chi connectivity index (χ2n) is 4.21. The fourth-order valence-electron chi connectivity index (χ4n) is 1.77. The predicted octanol–water partition coefficient (Wildman–Crippen LogP) is -0.420. The lowest BCUT2D eigenvalue weighted by Crippen LogP contribution is -2.17. The molecule has 0 atom stereocenters. The minimum Gasteiger partial charge on any atom is -0.382 e. The van der Waals surface area contributed by atoms with Gasteiger partial charge in [0.05, 0.1) is 5.69 Å². The number of benzene rings is 1. The molecule has 22 heavy (non-hydrogen) atoms. The number of nitrogens with two attached hydrogens (primary N) is 1. The Morgan fingerprint density at radius 1 is 1.18 bits per heavy atom. The molecular formula is C12H10N8O2. The number of nitrogens with one attached hydrogen (secondary N) is 2. The third-order valence-electron chi connectivity index (χ3n) is 2.78. The molecule has 2 heterocycles. The Balaban J connectivity index is 1.80. The maximum absolute atomic E-state index is 12.0. The fraction of sp³-hybridized carbons (Fsp3) is 0. The van der Waals surface area contributed by atoms with E-state index in [-0.39, 0.29) is 11.5 Å². The zero-order valence-corrected chi connectivity index (χ0v) is 11.1. The second-order valence-corrected chi connectivity index (χ2v) is 4.21. The molecule has 4 N–H and O–H groups in total. The maximum Gasteiger partial charge on any atom is 0.365 e. The molecule has 0 aliphatic heterocycles. The molecule has 0 aliphatic rings. The van der Waals surface area contributed by atoms with Crippen molar-refractivity contribution < 1.29 is 4.79 Å². The molecule has 10 nitrogen and oxygen atoms in total. The Morgan fingerprint density at radius 3 is 2.55 bits per heavy atom. The highest BCUT2D eigenvalue weighted by molar-refractivity contribution is 6.05. The summed E-state index contributed by atoms with van der Waals surface area (Å²) in [4.78, 5) is 31.1.